The topological polar surface area (TPSA) is 88.3 Å². The van der Waals surface area contributed by atoms with E-state index >= 15 is 0 Å². The minimum atomic E-state index is -3.52. The molecule has 3 N–H and O–H groups in total. The zero-order chi connectivity index (χ0) is 13.2. The number of nitrogens with one attached hydrogen (secondary N) is 1. The predicted octanol–water partition coefficient (Wildman–Crippen LogP) is 0.788. The van der Waals surface area contributed by atoms with Crippen molar-refractivity contribution in [2.24, 2.45) is 11.8 Å². The molecule has 100 valence electrons. The summed E-state index contributed by atoms with van der Waals surface area (Å²) in [6, 6.07) is 3.10. The number of nitrogen functional groups attached to an aromatic ring is 1. The van der Waals surface area contributed by atoms with E-state index < -0.39 is 10.0 Å². The highest BCUT2D eigenvalue weighted by Gasteiger charge is 2.28. The van der Waals surface area contributed by atoms with Crippen LogP contribution in [0.25, 0.3) is 0 Å². The molecule has 1 aliphatic rings. The van der Waals surface area contributed by atoms with Crippen molar-refractivity contribution < 1.29 is 8.42 Å². The van der Waals surface area contributed by atoms with Crippen LogP contribution >= 0.6 is 0 Å². The second kappa shape index (κ2) is 5.21. The first-order valence-electron chi connectivity index (χ1n) is 5.93. The van der Waals surface area contributed by atoms with Crippen LogP contribution < -0.4 is 11.3 Å². The van der Waals surface area contributed by atoms with Crippen LogP contribution in [0.1, 0.15) is 19.3 Å². The van der Waals surface area contributed by atoms with Gasteiger partial charge in [-0.25, -0.2) is 23.5 Å². The van der Waals surface area contributed by atoms with Gasteiger partial charge < -0.3 is 5.43 Å². The lowest BCUT2D eigenvalue weighted by molar-refractivity contribution is 0.263. The number of nitrogens with two attached hydrogens (primary N) is 1. The highest BCUT2D eigenvalue weighted by molar-refractivity contribution is 7.89. The maximum Gasteiger partial charge on any atom is 0.246 e. The Morgan fingerprint density at radius 1 is 1.56 bits per heavy atom. The largest absolute Gasteiger partial charge is 0.307 e. The number of anilines is 1. The zero-order valence-corrected chi connectivity index (χ0v) is 11.2. The molecule has 0 spiro atoms. The first-order valence-corrected chi connectivity index (χ1v) is 7.37. The number of aromatic nitrogens is 1. The van der Waals surface area contributed by atoms with Gasteiger partial charge in [-0.3, -0.25) is 0 Å². The molecule has 7 heteroatoms. The molecule has 0 bridgehead atoms. The summed E-state index contributed by atoms with van der Waals surface area (Å²) in [7, 11) is -1.93. The molecule has 1 aliphatic carbocycles. The Morgan fingerprint density at radius 3 is 2.83 bits per heavy atom. The predicted molar refractivity (Wildman–Crippen MR) is 69.2 cm³/mol. The smallest absolute Gasteiger partial charge is 0.246 e. The molecule has 18 heavy (non-hydrogen) atoms. The number of rotatable bonds is 5. The molecule has 0 atom stereocenters. The van der Waals surface area contributed by atoms with Crippen molar-refractivity contribution in [2.45, 2.75) is 24.2 Å². The lowest BCUT2D eigenvalue weighted by Crippen LogP contribution is -2.35. The summed E-state index contributed by atoms with van der Waals surface area (Å²) in [4.78, 5) is 4.04. The molecule has 0 aromatic carbocycles. The minimum absolute atomic E-state index is 0.120. The van der Waals surface area contributed by atoms with Crippen LogP contribution in [0.2, 0.25) is 0 Å². The molecule has 0 radical (unpaired) electrons. The van der Waals surface area contributed by atoms with Gasteiger partial charge >= 0.3 is 0 Å². The van der Waals surface area contributed by atoms with Gasteiger partial charge in [-0.05, 0) is 30.9 Å². The van der Waals surface area contributed by atoms with Crippen LogP contribution in [0, 0.1) is 5.92 Å². The van der Waals surface area contributed by atoms with Crippen LogP contribution in [0.15, 0.2) is 23.2 Å². The Bertz CT molecular complexity index is 514. The second-order valence-electron chi connectivity index (χ2n) is 4.58. The summed E-state index contributed by atoms with van der Waals surface area (Å²) in [6.45, 7) is 0.557. The summed E-state index contributed by atoms with van der Waals surface area (Å²) in [5, 5.41) is 0. The van der Waals surface area contributed by atoms with Gasteiger partial charge in [-0.2, -0.15) is 0 Å². The van der Waals surface area contributed by atoms with Crippen molar-refractivity contribution in [3.63, 3.8) is 0 Å². The first kappa shape index (κ1) is 13.3. The van der Waals surface area contributed by atoms with E-state index in [0.717, 1.165) is 12.8 Å². The SMILES string of the molecule is CN(CC1CCC1)S(=O)(=O)c1cccnc1NN. The molecule has 1 fully saturated rings. The van der Waals surface area contributed by atoms with E-state index in [9.17, 15) is 8.42 Å². The molecule has 0 saturated heterocycles. The second-order valence-corrected chi connectivity index (χ2v) is 6.59. The van der Waals surface area contributed by atoms with Gasteiger partial charge in [0.25, 0.3) is 0 Å². The number of hydrogen-bond acceptors (Lipinski definition) is 5. The molecule has 0 amide bonds. The molecular weight excluding hydrogens is 252 g/mol. The van der Waals surface area contributed by atoms with Gasteiger partial charge in [0.15, 0.2) is 5.82 Å². The fourth-order valence-corrected chi connectivity index (χ4v) is 3.36. The minimum Gasteiger partial charge on any atom is -0.307 e. The van der Waals surface area contributed by atoms with Crippen molar-refractivity contribution >= 4 is 15.8 Å². The standard InChI is InChI=1S/C11H18N4O2S/c1-15(8-9-4-2-5-9)18(16,17)10-6-3-7-13-11(10)14-12/h3,6-7,9H,2,4-5,8,12H2,1H3,(H,13,14). The Hall–Kier alpha value is -1.18. The maximum absolute atomic E-state index is 12.4. The molecule has 2 rings (SSSR count). The quantitative estimate of drug-likeness (QED) is 0.610. The van der Waals surface area contributed by atoms with Crippen LogP contribution in [0.5, 0.6) is 0 Å². The third-order valence-electron chi connectivity index (χ3n) is 3.34. The van der Waals surface area contributed by atoms with Gasteiger partial charge in [-0.1, -0.05) is 6.42 Å². The van der Waals surface area contributed by atoms with Gasteiger partial charge in [0.1, 0.15) is 4.90 Å². The maximum atomic E-state index is 12.4. The van der Waals surface area contributed by atoms with Crippen molar-refractivity contribution in [2.75, 3.05) is 19.0 Å². The third-order valence-corrected chi connectivity index (χ3v) is 5.19. The van der Waals surface area contributed by atoms with E-state index in [1.54, 1.807) is 13.1 Å². The van der Waals surface area contributed by atoms with E-state index in [0.29, 0.717) is 12.5 Å². The summed E-state index contributed by atoms with van der Waals surface area (Å²) in [5.41, 5.74) is 2.32. The average Bonchev–Trinajstić information content (AvgIpc) is 2.33. The molecule has 6 nitrogen and oxygen atoms in total. The van der Waals surface area contributed by atoms with Gasteiger partial charge in [0.05, 0.1) is 0 Å². The molecule has 0 aliphatic heterocycles. The normalized spacial score (nSPS) is 16.6. The van der Waals surface area contributed by atoms with Crippen molar-refractivity contribution in [3.05, 3.63) is 18.3 Å². The van der Waals surface area contributed by atoms with Crippen LogP contribution in [-0.2, 0) is 10.0 Å². The molecular formula is C11H18N4O2S. The van der Waals surface area contributed by atoms with Crippen LogP contribution in [0.4, 0.5) is 5.82 Å². The van der Waals surface area contributed by atoms with E-state index in [1.165, 1.54) is 23.0 Å². The number of hydrazine groups is 1. The number of pyridine rings is 1. The fraction of sp³-hybridized carbons (Fsp3) is 0.545. The summed E-state index contributed by atoms with van der Waals surface area (Å²) in [5.74, 6) is 5.95. The molecule has 1 heterocycles. The van der Waals surface area contributed by atoms with Crippen LogP contribution in [-0.4, -0.2) is 31.3 Å². The van der Waals surface area contributed by atoms with Gasteiger partial charge in [0.2, 0.25) is 10.0 Å². The summed E-state index contributed by atoms with van der Waals surface area (Å²) < 4.78 is 26.1. The Morgan fingerprint density at radius 2 is 2.28 bits per heavy atom. The Labute approximate surface area is 107 Å². The van der Waals surface area contributed by atoms with E-state index in [1.807, 2.05) is 0 Å². The Kier molecular flexibility index (Phi) is 3.84. The Balaban J connectivity index is 2.23. The van der Waals surface area contributed by atoms with Gasteiger partial charge in [0, 0.05) is 19.8 Å². The van der Waals surface area contributed by atoms with E-state index in [-0.39, 0.29) is 10.7 Å². The average molecular weight is 270 g/mol. The highest BCUT2D eigenvalue weighted by Crippen LogP contribution is 2.29. The third kappa shape index (κ3) is 2.47. The molecule has 0 unspecified atom stereocenters. The fourth-order valence-electron chi connectivity index (χ4n) is 2.01. The first-order chi connectivity index (χ1) is 8.55. The number of nitrogens with zero attached hydrogens (tertiary/aromatic N) is 2. The van der Waals surface area contributed by atoms with Crippen molar-refractivity contribution in [3.8, 4) is 0 Å². The number of hydrogen-bond donors (Lipinski definition) is 2. The lowest BCUT2D eigenvalue weighted by atomic mass is 9.86. The molecule has 1 saturated carbocycles. The summed E-state index contributed by atoms with van der Waals surface area (Å²) in [6.07, 6.45) is 4.91. The zero-order valence-electron chi connectivity index (χ0n) is 10.3. The summed E-state index contributed by atoms with van der Waals surface area (Å²) >= 11 is 0. The van der Waals surface area contributed by atoms with E-state index in [4.69, 9.17) is 5.84 Å². The van der Waals surface area contributed by atoms with Crippen molar-refractivity contribution in [1.82, 2.24) is 9.29 Å². The number of sulfonamides is 1. The van der Waals surface area contributed by atoms with Gasteiger partial charge in [-0.15, -0.1) is 0 Å². The molecule has 1 aromatic rings. The highest BCUT2D eigenvalue weighted by atomic mass is 32.2. The molecule has 1 aromatic heterocycles. The van der Waals surface area contributed by atoms with Crippen LogP contribution in [0.3, 0.4) is 0 Å². The van der Waals surface area contributed by atoms with Crippen molar-refractivity contribution in [1.29, 1.82) is 0 Å². The lowest BCUT2D eigenvalue weighted by Gasteiger charge is -2.29. The van der Waals surface area contributed by atoms with E-state index in [2.05, 4.69) is 10.4 Å². The monoisotopic (exact) mass is 270 g/mol.